The second-order valence-corrected chi connectivity index (χ2v) is 5.38. The minimum Gasteiger partial charge on any atom is -0.480 e. The molecule has 1 heterocycles. The lowest BCUT2D eigenvalue weighted by molar-refractivity contribution is -0.148. The van der Waals surface area contributed by atoms with Gasteiger partial charge < -0.3 is 10.0 Å². The average molecular weight is 271 g/mol. The number of benzene rings is 1. The molecule has 2 aliphatic rings. The topological polar surface area (TPSA) is 57.6 Å². The van der Waals surface area contributed by atoms with Crippen LogP contribution in [0.1, 0.15) is 36.3 Å². The first kappa shape index (κ1) is 12.9. The molecule has 0 spiro atoms. The van der Waals surface area contributed by atoms with Gasteiger partial charge in [0.15, 0.2) is 0 Å². The summed E-state index contributed by atoms with van der Waals surface area (Å²) >= 11 is 0. The van der Waals surface area contributed by atoms with Crippen molar-refractivity contribution >= 4 is 18.0 Å². The fourth-order valence-electron chi connectivity index (χ4n) is 3.13. The van der Waals surface area contributed by atoms with E-state index in [2.05, 4.69) is 0 Å². The number of carboxylic acids is 1. The summed E-state index contributed by atoms with van der Waals surface area (Å²) in [6.07, 6.45) is 5.77. The van der Waals surface area contributed by atoms with Gasteiger partial charge in [0.2, 0.25) is 5.91 Å². The highest BCUT2D eigenvalue weighted by atomic mass is 16.4. The van der Waals surface area contributed by atoms with Crippen molar-refractivity contribution in [1.82, 2.24) is 4.90 Å². The minimum atomic E-state index is -0.891. The maximum atomic E-state index is 12.4. The first-order valence-corrected chi connectivity index (χ1v) is 6.96. The Morgan fingerprint density at radius 2 is 2.10 bits per heavy atom. The Kier molecular flexibility index (Phi) is 3.30. The van der Waals surface area contributed by atoms with Gasteiger partial charge in [-0.25, -0.2) is 4.79 Å². The minimum absolute atomic E-state index is 0.0544. The number of rotatable bonds is 3. The summed E-state index contributed by atoms with van der Waals surface area (Å²) in [4.78, 5) is 25.0. The fraction of sp³-hybridized carbons (Fsp3) is 0.375. The van der Waals surface area contributed by atoms with E-state index in [-0.39, 0.29) is 11.8 Å². The zero-order valence-corrected chi connectivity index (χ0v) is 11.2. The van der Waals surface area contributed by atoms with Crippen LogP contribution in [0.4, 0.5) is 0 Å². The molecule has 1 aromatic carbocycles. The number of hydrogen-bond donors (Lipinski definition) is 1. The van der Waals surface area contributed by atoms with Crippen LogP contribution in [0.15, 0.2) is 30.3 Å². The van der Waals surface area contributed by atoms with E-state index in [4.69, 9.17) is 5.11 Å². The Morgan fingerprint density at radius 3 is 2.90 bits per heavy atom. The summed E-state index contributed by atoms with van der Waals surface area (Å²) in [5, 5.41) is 9.14. The molecule has 4 nitrogen and oxygen atoms in total. The van der Waals surface area contributed by atoms with Crippen molar-refractivity contribution < 1.29 is 14.7 Å². The molecule has 4 heteroatoms. The summed E-state index contributed by atoms with van der Waals surface area (Å²) < 4.78 is 0. The van der Waals surface area contributed by atoms with Gasteiger partial charge in [-0.05, 0) is 24.0 Å². The molecule has 0 bridgehead atoms. The number of amides is 1. The van der Waals surface area contributed by atoms with Gasteiger partial charge in [0, 0.05) is 18.9 Å². The van der Waals surface area contributed by atoms with Crippen LogP contribution >= 0.6 is 0 Å². The number of likely N-dealkylation sites (tertiary alicyclic amines) is 1. The summed E-state index contributed by atoms with van der Waals surface area (Å²) in [6, 6.07) is 7.38. The van der Waals surface area contributed by atoms with E-state index in [1.54, 1.807) is 0 Å². The van der Waals surface area contributed by atoms with Crippen molar-refractivity contribution in [1.29, 1.82) is 0 Å². The van der Waals surface area contributed by atoms with Crippen molar-refractivity contribution in [3.05, 3.63) is 41.5 Å². The normalized spacial score (nSPS) is 23.9. The lowest BCUT2D eigenvalue weighted by Crippen LogP contribution is -2.40. The van der Waals surface area contributed by atoms with Crippen molar-refractivity contribution in [2.24, 2.45) is 0 Å². The second-order valence-electron chi connectivity index (χ2n) is 5.38. The molecule has 3 rings (SSSR count). The molecule has 1 aliphatic carbocycles. The second kappa shape index (κ2) is 5.12. The average Bonchev–Trinajstić information content (AvgIpc) is 3.06. The number of carbonyl (C=O) groups is 2. The predicted molar refractivity (Wildman–Crippen MR) is 75.2 cm³/mol. The van der Waals surface area contributed by atoms with Crippen LogP contribution in [0, 0.1) is 0 Å². The van der Waals surface area contributed by atoms with Crippen molar-refractivity contribution in [2.75, 3.05) is 6.54 Å². The Bertz CT molecular complexity index is 579. The highest BCUT2D eigenvalue weighted by Gasteiger charge is 2.35. The zero-order valence-electron chi connectivity index (χ0n) is 11.2. The number of hydrogen-bond acceptors (Lipinski definition) is 2. The molecule has 1 N–H and O–H groups in total. The van der Waals surface area contributed by atoms with E-state index in [1.807, 2.05) is 36.4 Å². The summed E-state index contributed by atoms with van der Waals surface area (Å²) in [5.41, 5.74) is 2.31. The predicted octanol–water partition coefficient (Wildman–Crippen LogP) is 2.26. The number of allylic oxidation sites excluding steroid dienone is 1. The smallest absolute Gasteiger partial charge is 0.326 e. The lowest BCUT2D eigenvalue weighted by atomic mass is 9.97. The van der Waals surface area contributed by atoms with Gasteiger partial charge in [0.05, 0.1) is 0 Å². The summed E-state index contributed by atoms with van der Waals surface area (Å²) in [7, 11) is 0. The standard InChI is InChI=1S/C16H17NO3/c18-15(17-9-3-6-14(17)16(19)20)10-12-8-7-11-4-1-2-5-13(11)12/h1-2,4-5,7-8,12,14H,3,6,9-10H2,(H,19,20)/t12?,14-/m1/s1. The van der Waals surface area contributed by atoms with Crippen LogP contribution in [0.25, 0.3) is 6.08 Å². The quantitative estimate of drug-likeness (QED) is 0.917. The van der Waals surface area contributed by atoms with Gasteiger partial charge in [-0.1, -0.05) is 36.4 Å². The molecular formula is C16H17NO3. The van der Waals surface area contributed by atoms with Gasteiger partial charge in [0.25, 0.3) is 0 Å². The van der Waals surface area contributed by atoms with Crippen LogP contribution in [0.2, 0.25) is 0 Å². The van der Waals surface area contributed by atoms with Crippen LogP contribution in [-0.4, -0.2) is 34.5 Å². The van der Waals surface area contributed by atoms with Crippen LogP contribution in [0.5, 0.6) is 0 Å². The maximum absolute atomic E-state index is 12.4. The zero-order chi connectivity index (χ0) is 14.1. The number of fused-ring (bicyclic) bond motifs is 1. The molecule has 20 heavy (non-hydrogen) atoms. The highest BCUT2D eigenvalue weighted by Crippen LogP contribution is 2.33. The third-order valence-corrected chi connectivity index (χ3v) is 4.16. The van der Waals surface area contributed by atoms with E-state index in [0.29, 0.717) is 19.4 Å². The van der Waals surface area contributed by atoms with Crippen molar-refractivity contribution in [3.8, 4) is 0 Å². The molecule has 1 saturated heterocycles. The van der Waals surface area contributed by atoms with E-state index in [9.17, 15) is 9.59 Å². The van der Waals surface area contributed by atoms with Crippen molar-refractivity contribution in [3.63, 3.8) is 0 Å². The molecule has 1 fully saturated rings. The van der Waals surface area contributed by atoms with E-state index < -0.39 is 12.0 Å². The van der Waals surface area contributed by atoms with E-state index >= 15 is 0 Å². The van der Waals surface area contributed by atoms with Crippen molar-refractivity contribution in [2.45, 2.75) is 31.2 Å². The SMILES string of the molecule is O=C(O)[C@H]1CCCN1C(=O)CC1C=Cc2ccccc21. The van der Waals surface area contributed by atoms with Crippen LogP contribution in [-0.2, 0) is 9.59 Å². The molecule has 2 atom stereocenters. The Morgan fingerprint density at radius 1 is 1.30 bits per heavy atom. The Balaban J connectivity index is 1.72. The molecule has 0 aromatic heterocycles. The highest BCUT2D eigenvalue weighted by molar-refractivity contribution is 5.85. The third-order valence-electron chi connectivity index (χ3n) is 4.16. The lowest BCUT2D eigenvalue weighted by Gasteiger charge is -2.23. The molecule has 1 amide bonds. The van der Waals surface area contributed by atoms with Gasteiger partial charge >= 0.3 is 5.97 Å². The molecule has 104 valence electrons. The third kappa shape index (κ3) is 2.22. The number of carbonyl (C=O) groups excluding carboxylic acids is 1. The maximum Gasteiger partial charge on any atom is 0.326 e. The van der Waals surface area contributed by atoms with E-state index in [1.165, 1.54) is 4.90 Å². The largest absolute Gasteiger partial charge is 0.480 e. The molecule has 0 radical (unpaired) electrons. The summed E-state index contributed by atoms with van der Waals surface area (Å²) in [5.74, 6) is -0.867. The number of nitrogens with zero attached hydrogens (tertiary/aromatic N) is 1. The summed E-state index contributed by atoms with van der Waals surface area (Å²) in [6.45, 7) is 0.563. The molecule has 0 saturated carbocycles. The van der Waals surface area contributed by atoms with Crippen LogP contribution < -0.4 is 0 Å². The Hall–Kier alpha value is -2.10. The monoisotopic (exact) mass is 271 g/mol. The molecule has 1 unspecified atom stereocenters. The fourth-order valence-corrected chi connectivity index (χ4v) is 3.13. The van der Waals surface area contributed by atoms with Gasteiger partial charge in [-0.2, -0.15) is 0 Å². The Labute approximate surface area is 117 Å². The number of carboxylic acid groups (broad SMARTS) is 1. The molecule has 1 aliphatic heterocycles. The first-order chi connectivity index (χ1) is 9.66. The molecule has 1 aromatic rings. The molecular weight excluding hydrogens is 254 g/mol. The van der Waals surface area contributed by atoms with E-state index in [0.717, 1.165) is 17.5 Å². The van der Waals surface area contributed by atoms with Crippen LogP contribution in [0.3, 0.4) is 0 Å². The van der Waals surface area contributed by atoms with Gasteiger partial charge in [-0.3, -0.25) is 4.79 Å². The number of aliphatic carboxylic acids is 1. The first-order valence-electron chi connectivity index (χ1n) is 6.96. The van der Waals surface area contributed by atoms with Gasteiger partial charge in [-0.15, -0.1) is 0 Å². The van der Waals surface area contributed by atoms with Gasteiger partial charge in [0.1, 0.15) is 6.04 Å².